The number of nitrogens with zero attached hydrogens (tertiary/aromatic N) is 2. The minimum absolute atomic E-state index is 0.112. The van der Waals surface area contributed by atoms with Gasteiger partial charge in [0.1, 0.15) is 0 Å². The smallest absolute Gasteiger partial charge is 0.358 e. The predicted octanol–water partition coefficient (Wildman–Crippen LogP) is 0.286. The molecule has 1 fully saturated rings. The number of aromatic carboxylic acids is 1. The van der Waals surface area contributed by atoms with E-state index in [-0.39, 0.29) is 11.4 Å². The molecule has 1 aromatic heterocycles. The van der Waals surface area contributed by atoms with Crippen LogP contribution in [-0.2, 0) is 6.54 Å². The van der Waals surface area contributed by atoms with Crippen molar-refractivity contribution in [3.8, 4) is 5.75 Å². The molecule has 1 aliphatic heterocycles. The summed E-state index contributed by atoms with van der Waals surface area (Å²) in [5.74, 6) is -0.969. The van der Waals surface area contributed by atoms with Crippen LogP contribution < -0.4 is 5.32 Å². The Kier molecular flexibility index (Phi) is 3.09. The van der Waals surface area contributed by atoms with Crippen molar-refractivity contribution in [2.24, 2.45) is 5.92 Å². The Morgan fingerprint density at radius 1 is 1.56 bits per heavy atom. The average Bonchev–Trinajstić information content (AvgIpc) is 2.61. The van der Waals surface area contributed by atoms with Gasteiger partial charge < -0.3 is 15.5 Å². The lowest BCUT2D eigenvalue weighted by atomic mass is 9.98. The van der Waals surface area contributed by atoms with E-state index in [0.717, 1.165) is 25.9 Å². The summed E-state index contributed by atoms with van der Waals surface area (Å²) in [5.41, 5.74) is -0.112. The van der Waals surface area contributed by atoms with Gasteiger partial charge in [-0.15, -0.1) is 0 Å². The van der Waals surface area contributed by atoms with Crippen LogP contribution in [0.5, 0.6) is 5.75 Å². The maximum Gasteiger partial charge on any atom is 0.358 e. The highest BCUT2D eigenvalue weighted by molar-refractivity contribution is 5.88. The lowest BCUT2D eigenvalue weighted by Gasteiger charge is -2.22. The molecule has 0 unspecified atom stereocenters. The third-order valence-electron chi connectivity index (χ3n) is 2.91. The van der Waals surface area contributed by atoms with Crippen LogP contribution in [0, 0.1) is 5.92 Å². The van der Waals surface area contributed by atoms with Crippen LogP contribution in [0.15, 0.2) is 6.20 Å². The minimum Gasteiger partial charge on any atom is -0.504 e. The molecule has 0 saturated carbocycles. The van der Waals surface area contributed by atoms with Gasteiger partial charge in [-0.2, -0.15) is 5.10 Å². The van der Waals surface area contributed by atoms with E-state index in [9.17, 15) is 9.90 Å². The highest BCUT2D eigenvalue weighted by Crippen LogP contribution is 2.20. The molecule has 0 radical (unpaired) electrons. The average molecular weight is 225 g/mol. The van der Waals surface area contributed by atoms with E-state index in [2.05, 4.69) is 10.4 Å². The van der Waals surface area contributed by atoms with E-state index in [1.807, 2.05) is 0 Å². The summed E-state index contributed by atoms with van der Waals surface area (Å²) in [6.45, 7) is 2.48. The van der Waals surface area contributed by atoms with Crippen LogP contribution in [0.1, 0.15) is 23.3 Å². The lowest BCUT2D eigenvalue weighted by Crippen LogP contribution is -2.30. The second kappa shape index (κ2) is 4.52. The number of hydrogen-bond donors (Lipinski definition) is 3. The first-order valence-corrected chi connectivity index (χ1v) is 5.37. The van der Waals surface area contributed by atoms with Crippen molar-refractivity contribution < 1.29 is 15.0 Å². The molecule has 2 rings (SSSR count). The Hall–Kier alpha value is -1.56. The van der Waals surface area contributed by atoms with Gasteiger partial charge in [-0.05, 0) is 31.8 Å². The molecular weight excluding hydrogens is 210 g/mol. The van der Waals surface area contributed by atoms with Crippen LogP contribution in [0.2, 0.25) is 0 Å². The molecule has 0 spiro atoms. The summed E-state index contributed by atoms with van der Waals surface area (Å²) >= 11 is 0. The molecule has 0 aromatic carbocycles. The number of rotatable bonds is 3. The molecule has 2 heterocycles. The van der Waals surface area contributed by atoms with Crippen molar-refractivity contribution >= 4 is 5.97 Å². The van der Waals surface area contributed by atoms with Crippen molar-refractivity contribution in [2.75, 3.05) is 13.1 Å². The summed E-state index contributed by atoms with van der Waals surface area (Å²) in [6.07, 6.45) is 3.21. The molecule has 88 valence electrons. The maximum atomic E-state index is 10.9. The lowest BCUT2D eigenvalue weighted by molar-refractivity contribution is 0.0677. The van der Waals surface area contributed by atoms with Gasteiger partial charge in [-0.3, -0.25) is 4.68 Å². The van der Waals surface area contributed by atoms with Gasteiger partial charge in [0, 0.05) is 6.54 Å². The van der Waals surface area contributed by atoms with Crippen LogP contribution in [0.4, 0.5) is 0 Å². The number of carboxylic acids is 1. The van der Waals surface area contributed by atoms with E-state index in [0.29, 0.717) is 12.5 Å². The Morgan fingerprint density at radius 2 is 2.25 bits per heavy atom. The van der Waals surface area contributed by atoms with Gasteiger partial charge in [0.15, 0.2) is 11.4 Å². The van der Waals surface area contributed by atoms with E-state index in [4.69, 9.17) is 5.11 Å². The molecule has 1 saturated heterocycles. The number of aromatic nitrogens is 2. The topological polar surface area (TPSA) is 87.4 Å². The summed E-state index contributed by atoms with van der Waals surface area (Å²) in [5, 5.41) is 25.4. The fraction of sp³-hybridized carbons (Fsp3) is 0.600. The van der Waals surface area contributed by atoms with E-state index in [1.165, 1.54) is 10.9 Å². The van der Waals surface area contributed by atoms with Gasteiger partial charge >= 0.3 is 5.97 Å². The predicted molar refractivity (Wildman–Crippen MR) is 56.4 cm³/mol. The van der Waals surface area contributed by atoms with E-state index < -0.39 is 5.97 Å². The summed E-state index contributed by atoms with van der Waals surface area (Å²) in [6, 6.07) is 0. The third kappa shape index (κ3) is 2.16. The SMILES string of the molecule is O=C(O)c1c(O)cnn1CC1CCNCC1. The van der Waals surface area contributed by atoms with Crippen molar-refractivity contribution in [3.63, 3.8) is 0 Å². The summed E-state index contributed by atoms with van der Waals surface area (Å²) in [7, 11) is 0. The number of carbonyl (C=O) groups is 1. The van der Waals surface area contributed by atoms with Crippen LogP contribution in [0.3, 0.4) is 0 Å². The first kappa shape index (κ1) is 10.9. The summed E-state index contributed by atoms with van der Waals surface area (Å²) in [4.78, 5) is 10.9. The second-order valence-electron chi connectivity index (χ2n) is 4.06. The fourth-order valence-corrected chi connectivity index (χ4v) is 2.04. The molecule has 0 atom stereocenters. The summed E-state index contributed by atoms with van der Waals surface area (Å²) < 4.78 is 1.38. The van der Waals surface area contributed by atoms with Gasteiger partial charge in [0.05, 0.1) is 6.20 Å². The maximum absolute atomic E-state index is 10.9. The molecule has 3 N–H and O–H groups in total. The number of aromatic hydroxyl groups is 1. The zero-order chi connectivity index (χ0) is 11.5. The molecular formula is C10H15N3O3. The van der Waals surface area contributed by atoms with Gasteiger partial charge in [0.25, 0.3) is 0 Å². The fourth-order valence-electron chi connectivity index (χ4n) is 2.04. The highest BCUT2D eigenvalue weighted by Gasteiger charge is 2.21. The largest absolute Gasteiger partial charge is 0.504 e. The molecule has 0 bridgehead atoms. The third-order valence-corrected chi connectivity index (χ3v) is 2.91. The van der Waals surface area contributed by atoms with Crippen LogP contribution in [-0.4, -0.2) is 39.1 Å². The number of hydrogen-bond acceptors (Lipinski definition) is 4. The highest BCUT2D eigenvalue weighted by atomic mass is 16.4. The zero-order valence-corrected chi connectivity index (χ0v) is 8.89. The number of carboxylic acid groups (broad SMARTS) is 1. The molecule has 1 aromatic rings. The van der Waals surface area contributed by atoms with Crippen LogP contribution in [0.25, 0.3) is 0 Å². The van der Waals surface area contributed by atoms with E-state index in [1.54, 1.807) is 0 Å². The second-order valence-corrected chi connectivity index (χ2v) is 4.06. The number of piperidine rings is 1. The Morgan fingerprint density at radius 3 is 2.88 bits per heavy atom. The Balaban J connectivity index is 2.11. The normalized spacial score (nSPS) is 17.5. The molecule has 16 heavy (non-hydrogen) atoms. The van der Waals surface area contributed by atoms with Crippen molar-refractivity contribution in [1.29, 1.82) is 0 Å². The van der Waals surface area contributed by atoms with Crippen molar-refractivity contribution in [1.82, 2.24) is 15.1 Å². The van der Waals surface area contributed by atoms with Crippen molar-refractivity contribution in [2.45, 2.75) is 19.4 Å². The Bertz CT molecular complexity index is 383. The minimum atomic E-state index is -1.14. The molecule has 1 aliphatic rings. The molecule has 0 aliphatic carbocycles. The van der Waals surface area contributed by atoms with Crippen LogP contribution >= 0.6 is 0 Å². The number of nitrogens with one attached hydrogen (secondary N) is 1. The van der Waals surface area contributed by atoms with Gasteiger partial charge in [-0.1, -0.05) is 0 Å². The molecule has 0 amide bonds. The quantitative estimate of drug-likeness (QED) is 0.688. The van der Waals surface area contributed by atoms with Gasteiger partial charge in [0.2, 0.25) is 0 Å². The first-order chi connectivity index (χ1) is 7.68. The zero-order valence-electron chi connectivity index (χ0n) is 8.89. The van der Waals surface area contributed by atoms with Gasteiger partial charge in [-0.25, -0.2) is 4.79 Å². The monoisotopic (exact) mass is 225 g/mol. The molecule has 6 heteroatoms. The Labute approximate surface area is 92.9 Å². The molecule has 6 nitrogen and oxygen atoms in total. The standard InChI is InChI=1S/C10H15N3O3/c14-8-5-12-13(9(8)10(15)16)6-7-1-3-11-4-2-7/h5,7,11,14H,1-4,6H2,(H,15,16). The van der Waals surface area contributed by atoms with E-state index >= 15 is 0 Å². The first-order valence-electron chi connectivity index (χ1n) is 5.37. The van der Waals surface area contributed by atoms with Crippen molar-refractivity contribution in [3.05, 3.63) is 11.9 Å².